The van der Waals surface area contributed by atoms with Gasteiger partial charge in [0, 0.05) is 11.4 Å². The lowest BCUT2D eigenvalue weighted by Crippen LogP contribution is -2.20. The number of hydrogen-bond acceptors (Lipinski definition) is 3. The van der Waals surface area contributed by atoms with Crippen molar-refractivity contribution in [1.82, 2.24) is 0 Å². The highest BCUT2D eigenvalue weighted by atomic mass is 16.5. The predicted octanol–water partition coefficient (Wildman–Crippen LogP) is 3.80. The molecule has 0 aliphatic heterocycles. The second-order valence-electron chi connectivity index (χ2n) is 5.31. The first-order chi connectivity index (χ1) is 10.6. The summed E-state index contributed by atoms with van der Waals surface area (Å²) in [6, 6.07) is 14.9. The zero-order valence-electron chi connectivity index (χ0n) is 13.0. The standard InChI is InChI=1S/C18H22N2O2/c1-3-13(2)16-6-4-5-7-17(16)22-12-18(21)20-15-10-8-14(19)9-11-15/h4-11,13H,3,12,19H2,1-2H3,(H,20,21). The van der Waals surface area contributed by atoms with Gasteiger partial charge in [-0.15, -0.1) is 0 Å². The molecule has 0 aliphatic rings. The Labute approximate surface area is 131 Å². The van der Waals surface area contributed by atoms with Gasteiger partial charge in [-0.05, 0) is 48.2 Å². The number of rotatable bonds is 6. The Bertz CT molecular complexity index is 623. The van der Waals surface area contributed by atoms with E-state index in [1.165, 1.54) is 0 Å². The number of para-hydroxylation sites is 1. The van der Waals surface area contributed by atoms with Crippen molar-refractivity contribution in [1.29, 1.82) is 0 Å². The molecule has 0 spiro atoms. The van der Waals surface area contributed by atoms with E-state index in [0.717, 1.165) is 17.7 Å². The number of nitrogens with one attached hydrogen (secondary N) is 1. The maximum Gasteiger partial charge on any atom is 0.262 e. The third kappa shape index (κ3) is 4.25. The molecule has 0 saturated carbocycles. The third-order valence-electron chi connectivity index (χ3n) is 3.62. The summed E-state index contributed by atoms with van der Waals surface area (Å²) < 4.78 is 5.68. The Kier molecular flexibility index (Phi) is 5.42. The van der Waals surface area contributed by atoms with E-state index in [0.29, 0.717) is 17.3 Å². The minimum atomic E-state index is -0.191. The molecule has 0 radical (unpaired) electrons. The zero-order valence-corrected chi connectivity index (χ0v) is 13.0. The molecule has 2 rings (SSSR count). The minimum Gasteiger partial charge on any atom is -0.483 e. The Balaban J connectivity index is 1.95. The fourth-order valence-electron chi connectivity index (χ4n) is 2.15. The Morgan fingerprint density at radius 2 is 1.86 bits per heavy atom. The number of ether oxygens (including phenoxy) is 1. The van der Waals surface area contributed by atoms with Gasteiger partial charge in [-0.2, -0.15) is 0 Å². The summed E-state index contributed by atoms with van der Waals surface area (Å²) in [4.78, 5) is 12.0. The second kappa shape index (κ2) is 7.50. The molecule has 0 fully saturated rings. The van der Waals surface area contributed by atoms with Gasteiger partial charge < -0.3 is 15.8 Å². The molecule has 1 atom stereocenters. The number of carbonyl (C=O) groups excluding carboxylic acids is 1. The van der Waals surface area contributed by atoms with Crippen LogP contribution < -0.4 is 15.8 Å². The van der Waals surface area contributed by atoms with Gasteiger partial charge in [0.2, 0.25) is 0 Å². The van der Waals surface area contributed by atoms with Crippen molar-refractivity contribution in [2.75, 3.05) is 17.7 Å². The van der Waals surface area contributed by atoms with Crippen molar-refractivity contribution in [3.8, 4) is 5.75 Å². The van der Waals surface area contributed by atoms with Crippen LogP contribution >= 0.6 is 0 Å². The normalized spacial score (nSPS) is 11.7. The van der Waals surface area contributed by atoms with Gasteiger partial charge >= 0.3 is 0 Å². The minimum absolute atomic E-state index is 0.0160. The third-order valence-corrected chi connectivity index (χ3v) is 3.62. The van der Waals surface area contributed by atoms with E-state index in [9.17, 15) is 4.79 Å². The molecule has 0 bridgehead atoms. The first kappa shape index (κ1) is 15.9. The molecule has 22 heavy (non-hydrogen) atoms. The van der Waals surface area contributed by atoms with Crippen LogP contribution in [0, 0.1) is 0 Å². The van der Waals surface area contributed by atoms with Crippen LogP contribution in [-0.2, 0) is 4.79 Å². The lowest BCUT2D eigenvalue weighted by molar-refractivity contribution is -0.118. The maximum atomic E-state index is 12.0. The number of nitrogen functional groups attached to an aromatic ring is 1. The largest absolute Gasteiger partial charge is 0.483 e. The molecule has 0 aliphatic carbocycles. The topological polar surface area (TPSA) is 64.3 Å². The van der Waals surface area contributed by atoms with Gasteiger partial charge in [-0.3, -0.25) is 4.79 Å². The van der Waals surface area contributed by atoms with Gasteiger partial charge in [-0.1, -0.05) is 32.0 Å². The molecule has 0 aromatic heterocycles. The van der Waals surface area contributed by atoms with Crippen molar-refractivity contribution in [3.05, 3.63) is 54.1 Å². The highest BCUT2D eigenvalue weighted by Gasteiger charge is 2.11. The van der Waals surface area contributed by atoms with Crippen LogP contribution in [0.15, 0.2) is 48.5 Å². The van der Waals surface area contributed by atoms with Crippen molar-refractivity contribution in [2.24, 2.45) is 0 Å². The van der Waals surface area contributed by atoms with Crippen molar-refractivity contribution < 1.29 is 9.53 Å². The summed E-state index contributed by atoms with van der Waals surface area (Å²) >= 11 is 0. The van der Waals surface area contributed by atoms with E-state index < -0.39 is 0 Å². The van der Waals surface area contributed by atoms with Crippen LogP contribution in [0.2, 0.25) is 0 Å². The van der Waals surface area contributed by atoms with Crippen molar-refractivity contribution >= 4 is 17.3 Å². The summed E-state index contributed by atoms with van der Waals surface area (Å²) in [5.74, 6) is 0.976. The molecule has 3 N–H and O–H groups in total. The summed E-state index contributed by atoms with van der Waals surface area (Å²) in [6.45, 7) is 4.27. The number of amides is 1. The van der Waals surface area contributed by atoms with Crippen LogP contribution in [-0.4, -0.2) is 12.5 Å². The van der Waals surface area contributed by atoms with Gasteiger partial charge in [0.05, 0.1) is 0 Å². The predicted molar refractivity (Wildman–Crippen MR) is 90.1 cm³/mol. The van der Waals surface area contributed by atoms with E-state index in [2.05, 4.69) is 19.2 Å². The Hall–Kier alpha value is -2.49. The van der Waals surface area contributed by atoms with Crippen LogP contribution in [0.1, 0.15) is 31.7 Å². The van der Waals surface area contributed by atoms with E-state index in [1.807, 2.05) is 24.3 Å². The molecule has 4 nitrogen and oxygen atoms in total. The molecular weight excluding hydrogens is 276 g/mol. The number of benzene rings is 2. The number of nitrogens with two attached hydrogens (primary N) is 1. The van der Waals surface area contributed by atoms with Gasteiger partial charge in [0.1, 0.15) is 5.75 Å². The molecule has 2 aromatic rings. The van der Waals surface area contributed by atoms with E-state index in [1.54, 1.807) is 24.3 Å². The lowest BCUT2D eigenvalue weighted by atomic mass is 9.98. The monoisotopic (exact) mass is 298 g/mol. The second-order valence-corrected chi connectivity index (χ2v) is 5.31. The molecule has 1 amide bonds. The summed E-state index contributed by atoms with van der Waals surface area (Å²) in [5.41, 5.74) is 8.11. The molecule has 0 heterocycles. The van der Waals surface area contributed by atoms with Gasteiger partial charge in [0.25, 0.3) is 5.91 Å². The zero-order chi connectivity index (χ0) is 15.9. The molecule has 116 valence electrons. The SMILES string of the molecule is CCC(C)c1ccccc1OCC(=O)Nc1ccc(N)cc1. The van der Waals surface area contributed by atoms with E-state index >= 15 is 0 Å². The van der Waals surface area contributed by atoms with Crippen LogP contribution in [0.25, 0.3) is 0 Å². The number of hydrogen-bond donors (Lipinski definition) is 2. The Morgan fingerprint density at radius 1 is 1.18 bits per heavy atom. The quantitative estimate of drug-likeness (QED) is 0.797. The highest BCUT2D eigenvalue weighted by molar-refractivity contribution is 5.92. The molecular formula is C18H22N2O2. The van der Waals surface area contributed by atoms with Crippen LogP contribution in [0.4, 0.5) is 11.4 Å². The first-order valence-electron chi connectivity index (χ1n) is 7.47. The highest BCUT2D eigenvalue weighted by Crippen LogP contribution is 2.28. The van der Waals surface area contributed by atoms with E-state index in [4.69, 9.17) is 10.5 Å². The Morgan fingerprint density at radius 3 is 2.55 bits per heavy atom. The fraction of sp³-hybridized carbons (Fsp3) is 0.278. The fourth-order valence-corrected chi connectivity index (χ4v) is 2.15. The van der Waals surface area contributed by atoms with Gasteiger partial charge in [0.15, 0.2) is 6.61 Å². The van der Waals surface area contributed by atoms with E-state index in [-0.39, 0.29) is 12.5 Å². The van der Waals surface area contributed by atoms with Crippen molar-refractivity contribution in [2.45, 2.75) is 26.2 Å². The molecule has 0 saturated heterocycles. The smallest absolute Gasteiger partial charge is 0.262 e. The maximum absolute atomic E-state index is 12.0. The molecule has 4 heteroatoms. The van der Waals surface area contributed by atoms with Crippen molar-refractivity contribution in [3.63, 3.8) is 0 Å². The first-order valence-corrected chi connectivity index (χ1v) is 7.47. The molecule has 1 unspecified atom stereocenters. The average molecular weight is 298 g/mol. The van der Waals surface area contributed by atoms with Crippen LogP contribution in [0.5, 0.6) is 5.75 Å². The summed E-state index contributed by atoms with van der Waals surface area (Å²) in [7, 11) is 0. The number of anilines is 2. The molecule has 2 aromatic carbocycles. The summed E-state index contributed by atoms with van der Waals surface area (Å²) in [5, 5.41) is 2.78. The average Bonchev–Trinajstić information content (AvgIpc) is 2.54. The van der Waals surface area contributed by atoms with Gasteiger partial charge in [-0.25, -0.2) is 0 Å². The lowest BCUT2D eigenvalue weighted by Gasteiger charge is -2.15. The summed E-state index contributed by atoms with van der Waals surface area (Å²) in [6.07, 6.45) is 1.03. The van der Waals surface area contributed by atoms with Crippen LogP contribution in [0.3, 0.4) is 0 Å². The number of carbonyl (C=O) groups is 1.